The third-order valence-corrected chi connectivity index (χ3v) is 4.23. The van der Waals surface area contributed by atoms with Crippen LogP contribution in [0.15, 0.2) is 24.3 Å². The number of hydrogen-bond donors (Lipinski definition) is 2. The molecule has 0 aliphatic carbocycles. The zero-order valence-electron chi connectivity index (χ0n) is 12.6. The maximum atomic E-state index is 12.2. The molecule has 21 heavy (non-hydrogen) atoms. The fraction of sp³-hybridized carbons (Fsp3) is 0.471. The molecule has 1 aliphatic heterocycles. The molecule has 3 rings (SSSR count). The molecule has 0 saturated carbocycles. The second kappa shape index (κ2) is 6.20. The van der Waals surface area contributed by atoms with Gasteiger partial charge in [-0.05, 0) is 24.5 Å². The van der Waals surface area contributed by atoms with E-state index in [0.717, 1.165) is 25.9 Å². The van der Waals surface area contributed by atoms with Crippen molar-refractivity contribution < 1.29 is 4.79 Å². The lowest BCUT2D eigenvalue weighted by atomic mass is 10.0. The summed E-state index contributed by atoms with van der Waals surface area (Å²) in [6.45, 7) is 4.44. The maximum Gasteiger partial charge on any atom is 0.317 e. The molecule has 4 heteroatoms. The topological polar surface area (TPSA) is 48.1 Å². The van der Waals surface area contributed by atoms with Crippen molar-refractivity contribution in [1.82, 2.24) is 15.2 Å². The van der Waals surface area contributed by atoms with E-state index in [2.05, 4.69) is 35.4 Å². The quantitative estimate of drug-likeness (QED) is 0.831. The van der Waals surface area contributed by atoms with E-state index in [1.165, 1.54) is 35.0 Å². The van der Waals surface area contributed by atoms with Crippen molar-refractivity contribution in [3.05, 3.63) is 35.5 Å². The van der Waals surface area contributed by atoms with Crippen LogP contribution in [-0.2, 0) is 13.0 Å². The minimum absolute atomic E-state index is 0.0652. The fourth-order valence-corrected chi connectivity index (χ4v) is 3.05. The van der Waals surface area contributed by atoms with Crippen LogP contribution in [0.4, 0.5) is 4.79 Å². The predicted molar refractivity (Wildman–Crippen MR) is 85.3 cm³/mol. The predicted octanol–water partition coefficient (Wildman–Crippen LogP) is 3.43. The molecule has 2 heterocycles. The first kappa shape index (κ1) is 14.0. The van der Waals surface area contributed by atoms with E-state index >= 15 is 0 Å². The van der Waals surface area contributed by atoms with Crippen LogP contribution in [0.5, 0.6) is 0 Å². The van der Waals surface area contributed by atoms with Gasteiger partial charge < -0.3 is 15.2 Å². The molecule has 1 aliphatic rings. The van der Waals surface area contributed by atoms with Crippen molar-refractivity contribution in [3.63, 3.8) is 0 Å². The van der Waals surface area contributed by atoms with Gasteiger partial charge >= 0.3 is 6.03 Å². The summed E-state index contributed by atoms with van der Waals surface area (Å²) in [5.41, 5.74) is 3.74. The highest BCUT2D eigenvalue weighted by atomic mass is 16.2. The molecule has 0 radical (unpaired) electrons. The average molecular weight is 285 g/mol. The van der Waals surface area contributed by atoms with Gasteiger partial charge in [0.05, 0.1) is 6.54 Å². The molecular formula is C17H23N3O. The third-order valence-electron chi connectivity index (χ3n) is 4.23. The fourth-order valence-electron chi connectivity index (χ4n) is 3.05. The summed E-state index contributed by atoms with van der Waals surface area (Å²) in [6, 6.07) is 8.44. The molecule has 0 fully saturated rings. The number of aromatic nitrogens is 1. The second-order valence-electron chi connectivity index (χ2n) is 5.74. The van der Waals surface area contributed by atoms with Crippen LogP contribution in [0.3, 0.4) is 0 Å². The Morgan fingerprint density at radius 1 is 1.33 bits per heavy atom. The highest BCUT2D eigenvalue weighted by molar-refractivity contribution is 5.85. The van der Waals surface area contributed by atoms with Crippen molar-refractivity contribution in [2.24, 2.45) is 0 Å². The SMILES string of the molecule is CCCCCNC(=O)N1CCc2c([nH]c3ccccc23)C1. The third kappa shape index (κ3) is 2.89. The van der Waals surface area contributed by atoms with Gasteiger partial charge in [0.15, 0.2) is 0 Å². The number of nitrogens with one attached hydrogen (secondary N) is 2. The Morgan fingerprint density at radius 2 is 2.19 bits per heavy atom. The van der Waals surface area contributed by atoms with Crippen molar-refractivity contribution in [2.75, 3.05) is 13.1 Å². The summed E-state index contributed by atoms with van der Waals surface area (Å²) in [4.78, 5) is 17.5. The van der Waals surface area contributed by atoms with Gasteiger partial charge in [-0.2, -0.15) is 0 Å². The number of carbonyl (C=O) groups is 1. The second-order valence-corrected chi connectivity index (χ2v) is 5.74. The van der Waals surface area contributed by atoms with Crippen LogP contribution < -0.4 is 5.32 Å². The number of urea groups is 1. The number of carbonyl (C=O) groups excluding carboxylic acids is 1. The Bertz CT molecular complexity index is 632. The van der Waals surface area contributed by atoms with Crippen LogP contribution in [-0.4, -0.2) is 29.0 Å². The summed E-state index contributed by atoms with van der Waals surface area (Å²) in [5.74, 6) is 0. The highest BCUT2D eigenvalue weighted by Gasteiger charge is 2.23. The Morgan fingerprint density at radius 3 is 3.05 bits per heavy atom. The van der Waals surface area contributed by atoms with Gasteiger partial charge in [0.2, 0.25) is 0 Å². The standard InChI is InChI=1S/C17H23N3O/c1-2-3-6-10-18-17(21)20-11-9-14-13-7-4-5-8-15(13)19-16(14)12-20/h4-5,7-8,19H,2-3,6,9-12H2,1H3,(H,18,21). The van der Waals surface area contributed by atoms with Gasteiger partial charge in [0, 0.05) is 29.7 Å². The molecule has 0 spiro atoms. The number of benzene rings is 1. The maximum absolute atomic E-state index is 12.2. The number of H-pyrrole nitrogens is 1. The number of para-hydroxylation sites is 1. The monoisotopic (exact) mass is 285 g/mol. The summed E-state index contributed by atoms with van der Waals surface area (Å²) in [6.07, 6.45) is 4.35. The average Bonchev–Trinajstić information content (AvgIpc) is 2.89. The number of unbranched alkanes of at least 4 members (excludes halogenated alkanes) is 2. The van der Waals surface area contributed by atoms with Crippen molar-refractivity contribution in [2.45, 2.75) is 39.2 Å². The Labute approximate surface area is 125 Å². The molecule has 0 unspecified atom stereocenters. The smallest absolute Gasteiger partial charge is 0.317 e. The molecule has 4 nitrogen and oxygen atoms in total. The number of amides is 2. The summed E-state index contributed by atoms with van der Waals surface area (Å²) in [5, 5.41) is 4.33. The molecule has 0 atom stereocenters. The van der Waals surface area contributed by atoms with Crippen molar-refractivity contribution in [1.29, 1.82) is 0 Å². The minimum Gasteiger partial charge on any atom is -0.357 e. The van der Waals surface area contributed by atoms with Gasteiger partial charge in [-0.15, -0.1) is 0 Å². The van der Waals surface area contributed by atoms with Crippen molar-refractivity contribution in [3.8, 4) is 0 Å². The number of nitrogens with zero attached hydrogens (tertiary/aromatic N) is 1. The van der Waals surface area contributed by atoms with E-state index in [1.54, 1.807) is 0 Å². The van der Waals surface area contributed by atoms with E-state index in [4.69, 9.17) is 0 Å². The van der Waals surface area contributed by atoms with Crippen LogP contribution >= 0.6 is 0 Å². The lowest BCUT2D eigenvalue weighted by molar-refractivity contribution is 0.191. The van der Waals surface area contributed by atoms with Crippen molar-refractivity contribution >= 4 is 16.9 Å². The zero-order chi connectivity index (χ0) is 14.7. The molecule has 0 bridgehead atoms. The van der Waals surface area contributed by atoms with Gasteiger partial charge in [-0.25, -0.2) is 4.79 Å². The van der Waals surface area contributed by atoms with E-state index < -0.39 is 0 Å². The zero-order valence-corrected chi connectivity index (χ0v) is 12.6. The summed E-state index contributed by atoms with van der Waals surface area (Å²) >= 11 is 0. The molecule has 112 valence electrons. The summed E-state index contributed by atoms with van der Waals surface area (Å²) < 4.78 is 0. The molecular weight excluding hydrogens is 262 g/mol. The number of fused-ring (bicyclic) bond motifs is 3. The largest absolute Gasteiger partial charge is 0.357 e. The van der Waals surface area contributed by atoms with E-state index in [1.807, 2.05) is 11.0 Å². The first-order valence-corrected chi connectivity index (χ1v) is 7.91. The molecule has 2 N–H and O–H groups in total. The van der Waals surface area contributed by atoms with Crippen LogP contribution in [0.1, 0.15) is 37.4 Å². The van der Waals surface area contributed by atoms with E-state index in [0.29, 0.717) is 6.54 Å². The lowest BCUT2D eigenvalue weighted by Crippen LogP contribution is -2.43. The minimum atomic E-state index is 0.0652. The van der Waals surface area contributed by atoms with Gasteiger partial charge in [-0.1, -0.05) is 38.0 Å². The lowest BCUT2D eigenvalue weighted by Gasteiger charge is -2.27. The molecule has 0 saturated heterocycles. The number of rotatable bonds is 4. The Balaban J connectivity index is 1.65. The summed E-state index contributed by atoms with van der Waals surface area (Å²) in [7, 11) is 0. The molecule has 1 aromatic heterocycles. The number of hydrogen-bond acceptors (Lipinski definition) is 1. The normalized spacial score (nSPS) is 14.2. The number of aromatic amines is 1. The van der Waals surface area contributed by atoms with Crippen LogP contribution in [0.25, 0.3) is 10.9 Å². The van der Waals surface area contributed by atoms with E-state index in [-0.39, 0.29) is 6.03 Å². The van der Waals surface area contributed by atoms with Crippen LogP contribution in [0, 0.1) is 0 Å². The van der Waals surface area contributed by atoms with Gasteiger partial charge in [0.25, 0.3) is 0 Å². The Kier molecular flexibility index (Phi) is 4.13. The highest BCUT2D eigenvalue weighted by Crippen LogP contribution is 2.27. The van der Waals surface area contributed by atoms with Gasteiger partial charge in [0.1, 0.15) is 0 Å². The molecule has 2 amide bonds. The van der Waals surface area contributed by atoms with Gasteiger partial charge in [-0.3, -0.25) is 0 Å². The van der Waals surface area contributed by atoms with E-state index in [9.17, 15) is 4.79 Å². The first-order valence-electron chi connectivity index (χ1n) is 7.91. The Hall–Kier alpha value is -1.97. The molecule has 2 aromatic rings. The molecule has 1 aromatic carbocycles. The first-order chi connectivity index (χ1) is 10.3. The van der Waals surface area contributed by atoms with Crippen LogP contribution in [0.2, 0.25) is 0 Å².